The molecule has 0 aliphatic carbocycles. The second kappa shape index (κ2) is 3.99. The number of fused-ring (bicyclic) bond motifs is 1. The number of non-ortho nitro benzene ring substituents is 1. The van der Waals surface area contributed by atoms with Crippen molar-refractivity contribution >= 4 is 22.3 Å². The van der Waals surface area contributed by atoms with Gasteiger partial charge in [0.1, 0.15) is 5.52 Å². The van der Waals surface area contributed by atoms with Gasteiger partial charge >= 0.3 is 5.69 Å². The quantitative estimate of drug-likeness (QED) is 0.603. The van der Waals surface area contributed by atoms with Gasteiger partial charge in [-0.05, 0) is 19.1 Å². The van der Waals surface area contributed by atoms with Crippen LogP contribution in [-0.2, 0) is 0 Å². The molecule has 0 atom stereocenters. The zero-order chi connectivity index (χ0) is 13.4. The zero-order valence-corrected chi connectivity index (χ0v) is 9.08. The molecule has 0 spiro atoms. The zero-order valence-electron chi connectivity index (χ0n) is 9.08. The largest absolute Gasteiger partial charge is 0.313 e. The molecular formula is C10H6FN3O4. The van der Waals surface area contributed by atoms with Crippen LogP contribution in [0.2, 0.25) is 0 Å². The molecule has 0 aliphatic rings. The van der Waals surface area contributed by atoms with Gasteiger partial charge in [0.25, 0.3) is 5.69 Å². The first-order valence-electron chi connectivity index (χ1n) is 4.80. The molecule has 8 heteroatoms. The molecule has 0 fully saturated rings. The Morgan fingerprint density at radius 2 is 1.78 bits per heavy atom. The van der Waals surface area contributed by atoms with Crippen molar-refractivity contribution in [3.8, 4) is 0 Å². The predicted molar refractivity (Wildman–Crippen MR) is 59.7 cm³/mol. The van der Waals surface area contributed by atoms with E-state index in [1.165, 1.54) is 12.1 Å². The molecular weight excluding hydrogens is 245 g/mol. The highest BCUT2D eigenvalue weighted by Gasteiger charge is 2.26. The number of hydrogen-bond donors (Lipinski definition) is 0. The Balaban J connectivity index is 2.97. The van der Waals surface area contributed by atoms with Crippen molar-refractivity contribution in [2.75, 3.05) is 0 Å². The number of halogens is 1. The first-order chi connectivity index (χ1) is 8.41. The van der Waals surface area contributed by atoms with Crippen molar-refractivity contribution in [3.63, 3.8) is 0 Å². The summed E-state index contributed by atoms with van der Waals surface area (Å²) in [6, 6.07) is 3.40. The number of nitrogens with zero attached hydrogens (tertiary/aromatic N) is 3. The lowest BCUT2D eigenvalue weighted by molar-refractivity contribution is -0.394. The minimum absolute atomic E-state index is 0.0614. The van der Waals surface area contributed by atoms with Crippen LogP contribution in [0.3, 0.4) is 0 Å². The second-order valence-electron chi connectivity index (χ2n) is 3.59. The summed E-state index contributed by atoms with van der Waals surface area (Å²) < 4.78 is 13.8. The fourth-order valence-corrected chi connectivity index (χ4v) is 1.61. The molecule has 0 saturated carbocycles. The van der Waals surface area contributed by atoms with Crippen LogP contribution >= 0.6 is 0 Å². The number of hydrogen-bond acceptors (Lipinski definition) is 5. The number of aromatic nitrogens is 1. The monoisotopic (exact) mass is 251 g/mol. The van der Waals surface area contributed by atoms with Crippen molar-refractivity contribution in [1.29, 1.82) is 0 Å². The lowest BCUT2D eigenvalue weighted by atomic mass is 10.1. The van der Waals surface area contributed by atoms with Crippen LogP contribution in [0.25, 0.3) is 10.9 Å². The van der Waals surface area contributed by atoms with Gasteiger partial charge in [-0.1, -0.05) is 0 Å². The molecule has 1 heterocycles. The third-order valence-corrected chi connectivity index (χ3v) is 2.41. The number of pyridine rings is 1. The van der Waals surface area contributed by atoms with Gasteiger partial charge in [-0.3, -0.25) is 20.2 Å². The maximum absolute atomic E-state index is 13.8. The number of aryl methyl sites for hydroxylation is 1. The van der Waals surface area contributed by atoms with E-state index < -0.39 is 27.0 Å². The standard InChI is InChI=1S/C10H6FN3O4/c1-5-2-3-6-7(13(15)16)4-8(14(17)18)9(11)10(6)12-5/h2-4H,1H3. The molecule has 18 heavy (non-hydrogen) atoms. The van der Waals surface area contributed by atoms with Gasteiger partial charge in [0.15, 0.2) is 0 Å². The summed E-state index contributed by atoms with van der Waals surface area (Å²) in [6.45, 7) is 1.56. The molecule has 0 aliphatic heterocycles. The maximum atomic E-state index is 13.8. The molecule has 0 unspecified atom stereocenters. The minimum atomic E-state index is -1.16. The molecule has 0 saturated heterocycles. The van der Waals surface area contributed by atoms with Crippen LogP contribution in [0.5, 0.6) is 0 Å². The Bertz CT molecular complexity index is 686. The molecule has 7 nitrogen and oxygen atoms in total. The van der Waals surface area contributed by atoms with E-state index in [1.807, 2.05) is 0 Å². The van der Waals surface area contributed by atoms with Gasteiger partial charge in [0.2, 0.25) is 5.82 Å². The summed E-state index contributed by atoms with van der Waals surface area (Å²) >= 11 is 0. The molecule has 0 bridgehead atoms. The number of nitro groups is 2. The van der Waals surface area contributed by atoms with Crippen molar-refractivity contribution < 1.29 is 14.2 Å². The Hall–Kier alpha value is -2.64. The Morgan fingerprint density at radius 1 is 1.17 bits per heavy atom. The van der Waals surface area contributed by atoms with Crippen molar-refractivity contribution in [2.24, 2.45) is 0 Å². The summed E-state index contributed by atoms with van der Waals surface area (Å²) in [6.07, 6.45) is 0. The van der Waals surface area contributed by atoms with Gasteiger partial charge in [0, 0.05) is 5.69 Å². The van der Waals surface area contributed by atoms with Crippen LogP contribution in [0, 0.1) is 33.0 Å². The molecule has 2 aromatic rings. The minimum Gasteiger partial charge on any atom is -0.258 e. The molecule has 2 rings (SSSR count). The third-order valence-electron chi connectivity index (χ3n) is 2.41. The van der Waals surface area contributed by atoms with Gasteiger partial charge in [-0.2, -0.15) is 4.39 Å². The van der Waals surface area contributed by atoms with E-state index in [2.05, 4.69) is 4.98 Å². The number of nitro benzene ring substituents is 2. The molecule has 0 N–H and O–H groups in total. The van der Waals surface area contributed by atoms with Crippen LogP contribution in [0.4, 0.5) is 15.8 Å². The lowest BCUT2D eigenvalue weighted by Crippen LogP contribution is -1.99. The predicted octanol–water partition coefficient (Wildman–Crippen LogP) is 2.50. The van der Waals surface area contributed by atoms with Gasteiger partial charge in [0.05, 0.1) is 21.3 Å². The van der Waals surface area contributed by atoms with E-state index in [1.54, 1.807) is 6.92 Å². The highest BCUT2D eigenvalue weighted by molar-refractivity contribution is 5.90. The molecule has 0 radical (unpaired) electrons. The molecule has 92 valence electrons. The summed E-state index contributed by atoms with van der Waals surface area (Å²) in [7, 11) is 0. The average molecular weight is 251 g/mol. The fourth-order valence-electron chi connectivity index (χ4n) is 1.61. The van der Waals surface area contributed by atoms with Crippen LogP contribution in [-0.4, -0.2) is 14.8 Å². The summed E-state index contributed by atoms with van der Waals surface area (Å²) in [5.41, 5.74) is -1.44. The van der Waals surface area contributed by atoms with E-state index in [9.17, 15) is 24.6 Å². The van der Waals surface area contributed by atoms with Gasteiger partial charge in [-0.15, -0.1) is 0 Å². The van der Waals surface area contributed by atoms with E-state index in [-0.39, 0.29) is 10.9 Å². The van der Waals surface area contributed by atoms with Crippen LogP contribution in [0.1, 0.15) is 5.69 Å². The number of rotatable bonds is 2. The van der Waals surface area contributed by atoms with Gasteiger partial charge < -0.3 is 0 Å². The van der Waals surface area contributed by atoms with Crippen molar-refractivity contribution in [2.45, 2.75) is 6.92 Å². The second-order valence-corrected chi connectivity index (χ2v) is 3.59. The van der Waals surface area contributed by atoms with Crippen molar-refractivity contribution in [1.82, 2.24) is 4.98 Å². The topological polar surface area (TPSA) is 99.2 Å². The SMILES string of the molecule is Cc1ccc2c([N+](=O)[O-])cc([N+](=O)[O-])c(F)c2n1. The van der Waals surface area contributed by atoms with E-state index in [4.69, 9.17) is 0 Å². The highest BCUT2D eigenvalue weighted by atomic mass is 19.1. The van der Waals surface area contributed by atoms with E-state index >= 15 is 0 Å². The highest BCUT2D eigenvalue weighted by Crippen LogP contribution is 2.33. The first-order valence-corrected chi connectivity index (χ1v) is 4.80. The van der Waals surface area contributed by atoms with Crippen molar-refractivity contribution in [3.05, 3.63) is 49.9 Å². The smallest absolute Gasteiger partial charge is 0.258 e. The number of benzene rings is 1. The van der Waals surface area contributed by atoms with Crippen LogP contribution < -0.4 is 0 Å². The Kier molecular flexibility index (Phi) is 2.62. The summed E-state index contributed by atoms with van der Waals surface area (Å²) in [5, 5.41) is 21.4. The Labute approximate surface area is 99.2 Å². The molecule has 1 aromatic carbocycles. The first kappa shape index (κ1) is 11.8. The Morgan fingerprint density at radius 3 is 2.33 bits per heavy atom. The van der Waals surface area contributed by atoms with E-state index in [0.717, 1.165) is 0 Å². The normalized spacial score (nSPS) is 10.6. The van der Waals surface area contributed by atoms with E-state index in [0.29, 0.717) is 11.8 Å². The fraction of sp³-hybridized carbons (Fsp3) is 0.100. The molecule has 0 amide bonds. The third kappa shape index (κ3) is 1.73. The maximum Gasteiger partial charge on any atom is 0.313 e. The molecule has 1 aromatic heterocycles. The average Bonchev–Trinajstić information content (AvgIpc) is 2.29. The lowest BCUT2D eigenvalue weighted by Gasteiger charge is -2.02. The summed E-state index contributed by atoms with van der Waals surface area (Å²) in [5.74, 6) is -1.16. The summed E-state index contributed by atoms with van der Waals surface area (Å²) in [4.78, 5) is 23.4. The van der Waals surface area contributed by atoms with Crippen LogP contribution in [0.15, 0.2) is 18.2 Å². The van der Waals surface area contributed by atoms with Gasteiger partial charge in [-0.25, -0.2) is 4.98 Å².